The summed E-state index contributed by atoms with van der Waals surface area (Å²) in [5.74, 6) is 1.07. The molecule has 0 bridgehead atoms. The number of nitrogens with zero attached hydrogens (tertiary/aromatic N) is 2. The maximum Gasteiger partial charge on any atom is 0.170 e. The van der Waals surface area contributed by atoms with Crippen LogP contribution in [0, 0.1) is 0 Å². The summed E-state index contributed by atoms with van der Waals surface area (Å²) in [5, 5.41) is 1.14. The Labute approximate surface area is 105 Å². The van der Waals surface area contributed by atoms with E-state index in [1.165, 1.54) is 12.0 Å². The van der Waals surface area contributed by atoms with Crippen LogP contribution in [0.15, 0.2) is 40.3 Å². The van der Waals surface area contributed by atoms with E-state index in [9.17, 15) is 0 Å². The zero-order chi connectivity index (χ0) is 11.5. The van der Waals surface area contributed by atoms with Gasteiger partial charge in [-0.1, -0.05) is 30.3 Å². The van der Waals surface area contributed by atoms with Gasteiger partial charge in [0.1, 0.15) is 12.6 Å². The molecule has 3 nitrogen and oxygen atoms in total. The molecule has 2 atom stereocenters. The van der Waals surface area contributed by atoms with Crippen molar-refractivity contribution in [3.8, 4) is 0 Å². The molecule has 17 heavy (non-hydrogen) atoms. The SMILES string of the molecule is C1=NC(C2=NC(Cc3ccccc3)CS2)CO1. The van der Waals surface area contributed by atoms with Crippen LogP contribution in [0.2, 0.25) is 0 Å². The van der Waals surface area contributed by atoms with Crippen LogP contribution in [0.25, 0.3) is 0 Å². The second kappa shape index (κ2) is 4.92. The van der Waals surface area contributed by atoms with Crippen LogP contribution in [0.3, 0.4) is 0 Å². The molecule has 0 saturated heterocycles. The van der Waals surface area contributed by atoms with Crippen molar-refractivity contribution in [2.75, 3.05) is 12.4 Å². The summed E-state index contributed by atoms with van der Waals surface area (Å²) in [5.41, 5.74) is 1.36. The lowest BCUT2D eigenvalue weighted by atomic mass is 10.1. The van der Waals surface area contributed by atoms with Crippen molar-refractivity contribution >= 4 is 23.2 Å². The van der Waals surface area contributed by atoms with Crippen molar-refractivity contribution in [3.05, 3.63) is 35.9 Å². The highest BCUT2D eigenvalue weighted by Crippen LogP contribution is 2.25. The van der Waals surface area contributed by atoms with E-state index >= 15 is 0 Å². The Morgan fingerprint density at radius 3 is 2.94 bits per heavy atom. The second-order valence-corrected chi connectivity index (χ2v) is 5.27. The Hall–Kier alpha value is -1.29. The average Bonchev–Trinajstić information content (AvgIpc) is 3.00. The van der Waals surface area contributed by atoms with E-state index in [-0.39, 0.29) is 6.04 Å². The molecule has 0 N–H and O–H groups in total. The van der Waals surface area contributed by atoms with E-state index in [0.29, 0.717) is 12.6 Å². The van der Waals surface area contributed by atoms with Crippen molar-refractivity contribution in [2.45, 2.75) is 18.5 Å². The second-order valence-electron chi connectivity index (χ2n) is 4.23. The molecule has 2 heterocycles. The van der Waals surface area contributed by atoms with Crippen molar-refractivity contribution in [3.63, 3.8) is 0 Å². The zero-order valence-corrected chi connectivity index (χ0v) is 10.3. The van der Waals surface area contributed by atoms with E-state index < -0.39 is 0 Å². The molecule has 0 aliphatic carbocycles. The first-order chi connectivity index (χ1) is 8.42. The number of rotatable bonds is 3. The molecule has 2 aliphatic rings. The maximum absolute atomic E-state index is 5.14. The first-order valence-corrected chi connectivity index (χ1v) is 6.78. The Bertz CT molecular complexity index is 444. The minimum absolute atomic E-state index is 0.153. The first-order valence-electron chi connectivity index (χ1n) is 5.79. The molecule has 4 heteroatoms. The predicted molar refractivity (Wildman–Crippen MR) is 72.1 cm³/mol. The van der Waals surface area contributed by atoms with E-state index in [1.54, 1.807) is 0 Å². The van der Waals surface area contributed by atoms with Gasteiger partial charge >= 0.3 is 0 Å². The molecular formula is C13H14N2OS. The fraction of sp³-hybridized carbons (Fsp3) is 0.385. The highest BCUT2D eigenvalue weighted by atomic mass is 32.2. The lowest BCUT2D eigenvalue weighted by Gasteiger charge is -2.05. The summed E-state index contributed by atoms with van der Waals surface area (Å²) in [6.07, 6.45) is 2.56. The topological polar surface area (TPSA) is 34.0 Å². The number of ether oxygens (including phenoxy) is 1. The molecule has 0 spiro atoms. The summed E-state index contributed by atoms with van der Waals surface area (Å²) in [4.78, 5) is 9.01. The smallest absolute Gasteiger partial charge is 0.170 e. The van der Waals surface area contributed by atoms with Gasteiger partial charge in [-0.05, 0) is 12.0 Å². The number of hydrogen-bond acceptors (Lipinski definition) is 4. The Balaban J connectivity index is 1.65. The molecule has 3 rings (SSSR count). The third kappa shape index (κ3) is 2.52. The fourth-order valence-corrected chi connectivity index (χ4v) is 3.14. The molecule has 0 aromatic heterocycles. The van der Waals surface area contributed by atoms with Crippen LogP contribution in [-0.4, -0.2) is 35.9 Å². The van der Waals surface area contributed by atoms with Crippen molar-refractivity contribution in [1.82, 2.24) is 0 Å². The monoisotopic (exact) mass is 246 g/mol. The van der Waals surface area contributed by atoms with Gasteiger partial charge in [0.2, 0.25) is 0 Å². The van der Waals surface area contributed by atoms with Gasteiger partial charge in [-0.3, -0.25) is 4.99 Å². The summed E-state index contributed by atoms with van der Waals surface area (Å²) in [6.45, 7) is 0.657. The van der Waals surface area contributed by atoms with Gasteiger partial charge in [0.15, 0.2) is 6.40 Å². The van der Waals surface area contributed by atoms with Crippen molar-refractivity contribution in [2.24, 2.45) is 9.98 Å². The average molecular weight is 246 g/mol. The number of thioether (sulfide) groups is 1. The van der Waals surface area contributed by atoms with E-state index in [2.05, 4.69) is 29.3 Å². The van der Waals surface area contributed by atoms with Gasteiger partial charge in [-0.15, -0.1) is 11.8 Å². The van der Waals surface area contributed by atoms with E-state index in [1.807, 2.05) is 17.8 Å². The van der Waals surface area contributed by atoms with Crippen LogP contribution in [-0.2, 0) is 11.2 Å². The summed E-state index contributed by atoms with van der Waals surface area (Å²) >= 11 is 1.82. The molecule has 0 amide bonds. The molecule has 1 aromatic carbocycles. The highest BCUT2D eigenvalue weighted by Gasteiger charge is 2.26. The highest BCUT2D eigenvalue weighted by molar-refractivity contribution is 8.14. The van der Waals surface area contributed by atoms with Crippen molar-refractivity contribution in [1.29, 1.82) is 0 Å². The first kappa shape index (κ1) is 10.8. The third-order valence-electron chi connectivity index (χ3n) is 2.90. The predicted octanol–water partition coefficient (Wildman–Crippen LogP) is 2.17. The van der Waals surface area contributed by atoms with Crippen LogP contribution in [0.5, 0.6) is 0 Å². The molecule has 0 radical (unpaired) electrons. The number of hydrogen-bond donors (Lipinski definition) is 0. The molecular weight excluding hydrogens is 232 g/mol. The quantitative estimate of drug-likeness (QED) is 0.819. The van der Waals surface area contributed by atoms with Crippen LogP contribution < -0.4 is 0 Å². The molecule has 0 fully saturated rings. The third-order valence-corrected chi connectivity index (χ3v) is 4.13. The Morgan fingerprint density at radius 2 is 2.18 bits per heavy atom. The molecule has 2 aliphatic heterocycles. The lowest BCUT2D eigenvalue weighted by molar-refractivity contribution is 0.349. The number of benzene rings is 1. The minimum Gasteiger partial charge on any atom is -0.481 e. The van der Waals surface area contributed by atoms with Crippen LogP contribution in [0.1, 0.15) is 5.56 Å². The Morgan fingerprint density at radius 1 is 1.29 bits per heavy atom. The van der Waals surface area contributed by atoms with Gasteiger partial charge in [0.05, 0.1) is 11.1 Å². The van der Waals surface area contributed by atoms with Gasteiger partial charge in [0, 0.05) is 5.75 Å². The summed E-state index contributed by atoms with van der Waals surface area (Å²) in [7, 11) is 0. The molecule has 2 unspecified atom stereocenters. The van der Waals surface area contributed by atoms with Gasteiger partial charge < -0.3 is 4.74 Å². The van der Waals surface area contributed by atoms with Crippen LogP contribution in [0.4, 0.5) is 0 Å². The zero-order valence-electron chi connectivity index (χ0n) is 9.45. The van der Waals surface area contributed by atoms with Gasteiger partial charge in [-0.25, -0.2) is 4.99 Å². The van der Waals surface area contributed by atoms with Gasteiger partial charge in [-0.2, -0.15) is 0 Å². The molecule has 88 valence electrons. The Kier molecular flexibility index (Phi) is 3.14. The van der Waals surface area contributed by atoms with Crippen molar-refractivity contribution < 1.29 is 4.74 Å². The van der Waals surface area contributed by atoms with E-state index in [0.717, 1.165) is 17.2 Å². The maximum atomic E-state index is 5.14. The van der Waals surface area contributed by atoms with Crippen LogP contribution >= 0.6 is 11.8 Å². The minimum atomic E-state index is 0.153. The van der Waals surface area contributed by atoms with Gasteiger partial charge in [0.25, 0.3) is 0 Å². The summed E-state index contributed by atoms with van der Waals surface area (Å²) in [6, 6.07) is 11.1. The fourth-order valence-electron chi connectivity index (χ4n) is 2.04. The lowest BCUT2D eigenvalue weighted by Crippen LogP contribution is -2.15. The largest absolute Gasteiger partial charge is 0.481 e. The van der Waals surface area contributed by atoms with E-state index in [4.69, 9.17) is 9.73 Å². The summed E-state index contributed by atoms with van der Waals surface area (Å²) < 4.78 is 5.14. The molecule has 1 aromatic rings. The standard InChI is InChI=1S/C13H14N2OS/c1-2-4-10(5-3-1)6-11-8-17-13(15-11)12-7-16-9-14-12/h1-5,9,11-12H,6-8H2. The molecule has 0 saturated carbocycles. The normalized spacial score (nSPS) is 26.9. The number of aliphatic imine (C=N–C) groups is 2.